The van der Waals surface area contributed by atoms with Crippen LogP contribution in [0.25, 0.3) is 0 Å². The highest BCUT2D eigenvalue weighted by Crippen LogP contribution is 2.38. The fourth-order valence-electron chi connectivity index (χ4n) is 2.19. The normalized spacial score (nSPS) is 13.1. The second-order valence-electron chi connectivity index (χ2n) is 4.92. The standard InChI is InChI=1S/C16H15Br2NO2/c1-10-2-3-11(12(17)6-10)9-19-14-8-16-15(7-13(14)18)20-4-5-21-16/h2-3,6-8,19H,4-5,9H2,1H3. The molecule has 110 valence electrons. The summed E-state index contributed by atoms with van der Waals surface area (Å²) in [5.41, 5.74) is 3.44. The van der Waals surface area contributed by atoms with Crippen molar-refractivity contribution < 1.29 is 9.47 Å². The van der Waals surface area contributed by atoms with Gasteiger partial charge in [0.05, 0.1) is 5.69 Å². The van der Waals surface area contributed by atoms with Gasteiger partial charge in [-0.25, -0.2) is 0 Å². The van der Waals surface area contributed by atoms with Crippen LogP contribution in [0.1, 0.15) is 11.1 Å². The maximum atomic E-state index is 5.62. The Hall–Kier alpha value is -1.20. The molecule has 3 rings (SSSR count). The molecular weight excluding hydrogens is 398 g/mol. The third-order valence-corrected chi connectivity index (χ3v) is 4.70. The van der Waals surface area contributed by atoms with Crippen LogP contribution in [-0.2, 0) is 6.54 Å². The van der Waals surface area contributed by atoms with Gasteiger partial charge in [-0.05, 0) is 40.0 Å². The van der Waals surface area contributed by atoms with Crippen LogP contribution in [0.3, 0.4) is 0 Å². The van der Waals surface area contributed by atoms with Crippen LogP contribution in [-0.4, -0.2) is 13.2 Å². The Morgan fingerprint density at radius 1 is 1.00 bits per heavy atom. The highest BCUT2D eigenvalue weighted by atomic mass is 79.9. The largest absolute Gasteiger partial charge is 0.486 e. The third kappa shape index (κ3) is 3.35. The minimum atomic E-state index is 0.595. The van der Waals surface area contributed by atoms with E-state index in [1.54, 1.807) is 0 Å². The van der Waals surface area contributed by atoms with Gasteiger partial charge in [0.2, 0.25) is 0 Å². The number of ether oxygens (including phenoxy) is 2. The lowest BCUT2D eigenvalue weighted by molar-refractivity contribution is 0.171. The van der Waals surface area contributed by atoms with Crippen LogP contribution in [0.2, 0.25) is 0 Å². The third-order valence-electron chi connectivity index (χ3n) is 3.31. The molecule has 21 heavy (non-hydrogen) atoms. The first-order valence-electron chi connectivity index (χ1n) is 6.71. The molecule has 0 radical (unpaired) electrons. The van der Waals surface area contributed by atoms with E-state index in [1.807, 2.05) is 12.1 Å². The summed E-state index contributed by atoms with van der Waals surface area (Å²) in [5.74, 6) is 1.57. The molecule has 0 bridgehead atoms. The maximum Gasteiger partial charge on any atom is 0.163 e. The van der Waals surface area contributed by atoms with Gasteiger partial charge in [0.15, 0.2) is 11.5 Å². The number of hydrogen-bond acceptors (Lipinski definition) is 3. The van der Waals surface area contributed by atoms with Crippen LogP contribution in [0.5, 0.6) is 11.5 Å². The number of anilines is 1. The second-order valence-corrected chi connectivity index (χ2v) is 6.63. The van der Waals surface area contributed by atoms with Crippen molar-refractivity contribution in [3.8, 4) is 11.5 Å². The average Bonchev–Trinajstić information content (AvgIpc) is 2.46. The Morgan fingerprint density at radius 3 is 2.43 bits per heavy atom. The summed E-state index contributed by atoms with van der Waals surface area (Å²) in [7, 11) is 0. The number of nitrogens with one attached hydrogen (secondary N) is 1. The van der Waals surface area contributed by atoms with Gasteiger partial charge in [-0.15, -0.1) is 0 Å². The fourth-order valence-corrected chi connectivity index (χ4v) is 3.28. The Labute approximate surface area is 140 Å². The molecule has 0 aromatic heterocycles. The van der Waals surface area contributed by atoms with Crippen LogP contribution in [0.4, 0.5) is 5.69 Å². The lowest BCUT2D eigenvalue weighted by atomic mass is 10.1. The van der Waals surface area contributed by atoms with Crippen LogP contribution < -0.4 is 14.8 Å². The first-order chi connectivity index (χ1) is 10.1. The number of aryl methyl sites for hydroxylation is 1. The highest BCUT2D eigenvalue weighted by molar-refractivity contribution is 9.11. The molecule has 5 heteroatoms. The number of hydrogen-bond donors (Lipinski definition) is 1. The summed E-state index contributed by atoms with van der Waals surface area (Å²) in [5, 5.41) is 3.43. The second kappa shape index (κ2) is 6.28. The quantitative estimate of drug-likeness (QED) is 0.777. The average molecular weight is 413 g/mol. The number of fused-ring (bicyclic) bond motifs is 1. The van der Waals surface area contributed by atoms with Gasteiger partial charge in [-0.3, -0.25) is 0 Å². The summed E-state index contributed by atoms with van der Waals surface area (Å²) >= 11 is 7.17. The monoisotopic (exact) mass is 411 g/mol. The molecule has 0 fully saturated rings. The molecule has 0 saturated heterocycles. The number of benzene rings is 2. The van der Waals surface area contributed by atoms with Crippen molar-refractivity contribution in [2.75, 3.05) is 18.5 Å². The molecule has 1 aliphatic rings. The molecule has 0 amide bonds. The first kappa shape index (κ1) is 14.7. The van der Waals surface area contributed by atoms with Crippen molar-refractivity contribution in [2.45, 2.75) is 13.5 Å². The van der Waals surface area contributed by atoms with Crippen molar-refractivity contribution in [2.24, 2.45) is 0 Å². The lowest BCUT2D eigenvalue weighted by Gasteiger charge is -2.20. The van der Waals surface area contributed by atoms with E-state index in [-0.39, 0.29) is 0 Å². The zero-order chi connectivity index (χ0) is 14.8. The topological polar surface area (TPSA) is 30.5 Å². The molecule has 0 saturated carbocycles. The van der Waals surface area contributed by atoms with E-state index in [2.05, 4.69) is 62.3 Å². The molecule has 2 aromatic carbocycles. The summed E-state index contributed by atoms with van der Waals surface area (Å²) in [6, 6.07) is 10.3. The van der Waals surface area contributed by atoms with Crippen molar-refractivity contribution >= 4 is 37.5 Å². The molecular formula is C16H15Br2NO2. The van der Waals surface area contributed by atoms with Gasteiger partial charge >= 0.3 is 0 Å². The van der Waals surface area contributed by atoms with Gasteiger partial charge in [-0.1, -0.05) is 28.1 Å². The molecule has 0 spiro atoms. The van der Waals surface area contributed by atoms with Crippen molar-refractivity contribution in [3.63, 3.8) is 0 Å². The SMILES string of the molecule is Cc1ccc(CNc2cc3c(cc2Br)OCCO3)c(Br)c1. The van der Waals surface area contributed by atoms with Crippen molar-refractivity contribution in [1.82, 2.24) is 0 Å². The fraction of sp³-hybridized carbons (Fsp3) is 0.250. The Balaban J connectivity index is 1.78. The minimum absolute atomic E-state index is 0.595. The first-order valence-corrected chi connectivity index (χ1v) is 8.30. The predicted molar refractivity (Wildman–Crippen MR) is 91.3 cm³/mol. The molecule has 1 heterocycles. The zero-order valence-electron chi connectivity index (χ0n) is 11.6. The van der Waals surface area contributed by atoms with Gasteiger partial charge < -0.3 is 14.8 Å². The molecule has 1 aliphatic heterocycles. The smallest absolute Gasteiger partial charge is 0.163 e. The molecule has 0 atom stereocenters. The Bertz CT molecular complexity index is 674. The van der Waals surface area contributed by atoms with Gasteiger partial charge in [-0.2, -0.15) is 0 Å². The van der Waals surface area contributed by atoms with Crippen molar-refractivity contribution in [3.05, 3.63) is 50.4 Å². The van der Waals surface area contributed by atoms with E-state index in [4.69, 9.17) is 9.47 Å². The minimum Gasteiger partial charge on any atom is -0.486 e. The van der Waals surface area contributed by atoms with Crippen LogP contribution >= 0.6 is 31.9 Å². The van der Waals surface area contributed by atoms with E-state index < -0.39 is 0 Å². The lowest BCUT2D eigenvalue weighted by Crippen LogP contribution is -2.15. The summed E-state index contributed by atoms with van der Waals surface area (Å²) in [6.45, 7) is 4.01. The molecule has 3 nitrogen and oxygen atoms in total. The van der Waals surface area contributed by atoms with Gasteiger partial charge in [0.25, 0.3) is 0 Å². The highest BCUT2D eigenvalue weighted by Gasteiger charge is 2.14. The zero-order valence-corrected chi connectivity index (χ0v) is 14.8. The van der Waals surface area contributed by atoms with Gasteiger partial charge in [0.1, 0.15) is 13.2 Å². The molecule has 2 aromatic rings. The van der Waals surface area contributed by atoms with Crippen molar-refractivity contribution in [1.29, 1.82) is 0 Å². The summed E-state index contributed by atoms with van der Waals surface area (Å²) < 4.78 is 13.3. The van der Waals surface area contributed by atoms with E-state index in [9.17, 15) is 0 Å². The van der Waals surface area contributed by atoms with E-state index >= 15 is 0 Å². The molecule has 0 aliphatic carbocycles. The van der Waals surface area contributed by atoms with Gasteiger partial charge in [0, 0.05) is 27.6 Å². The number of halogens is 2. The molecule has 0 unspecified atom stereocenters. The van der Waals surface area contributed by atoms with E-state index in [0.29, 0.717) is 13.2 Å². The molecule has 1 N–H and O–H groups in total. The van der Waals surface area contributed by atoms with Crippen LogP contribution in [0.15, 0.2) is 39.3 Å². The Kier molecular flexibility index (Phi) is 4.40. The predicted octanol–water partition coefficient (Wildman–Crippen LogP) is 4.90. The summed E-state index contributed by atoms with van der Waals surface area (Å²) in [4.78, 5) is 0. The summed E-state index contributed by atoms with van der Waals surface area (Å²) in [6.07, 6.45) is 0. The number of rotatable bonds is 3. The maximum absolute atomic E-state index is 5.62. The van der Waals surface area contributed by atoms with E-state index in [1.165, 1.54) is 11.1 Å². The Morgan fingerprint density at radius 2 is 1.71 bits per heavy atom. The van der Waals surface area contributed by atoms with E-state index in [0.717, 1.165) is 32.7 Å². The van der Waals surface area contributed by atoms with Crippen LogP contribution in [0, 0.1) is 6.92 Å².